The molecule has 0 radical (unpaired) electrons. The lowest BCUT2D eigenvalue weighted by molar-refractivity contribution is 0.997. The summed E-state index contributed by atoms with van der Waals surface area (Å²) in [7, 11) is 3.81. The molecule has 5 nitrogen and oxygen atoms in total. The summed E-state index contributed by atoms with van der Waals surface area (Å²) in [6.07, 6.45) is 1.86. The van der Waals surface area contributed by atoms with Gasteiger partial charge in [0.15, 0.2) is 0 Å². The molecule has 0 aliphatic carbocycles. The molecule has 0 saturated carbocycles. The van der Waals surface area contributed by atoms with Crippen LogP contribution in [0.25, 0.3) is 0 Å². The molecular weight excluding hydrogens is 166 g/mol. The molecule has 70 valence electrons. The molecule has 5 heteroatoms. The normalized spacial score (nSPS) is 9.69. The Balaban J connectivity index is 2.85. The lowest BCUT2D eigenvalue weighted by Crippen LogP contribution is -2.15. The fraction of sp³-hybridized carbons (Fsp3) is 0.375. The van der Waals surface area contributed by atoms with Crippen LogP contribution in [0.2, 0.25) is 0 Å². The Hall–Kier alpha value is -1.65. The average molecular weight is 179 g/mol. The van der Waals surface area contributed by atoms with E-state index in [-0.39, 0.29) is 5.84 Å². The van der Waals surface area contributed by atoms with Crippen LogP contribution >= 0.6 is 0 Å². The zero-order chi connectivity index (χ0) is 9.84. The summed E-state index contributed by atoms with van der Waals surface area (Å²) in [6, 6.07) is 1.82. The summed E-state index contributed by atoms with van der Waals surface area (Å²) < 4.78 is 0. The lowest BCUT2D eigenvalue weighted by atomic mass is 10.3. The summed E-state index contributed by atoms with van der Waals surface area (Å²) in [5.41, 5.74) is 6.03. The molecular formula is C8H13N5. The van der Waals surface area contributed by atoms with Crippen molar-refractivity contribution in [1.29, 1.82) is 5.41 Å². The largest absolute Gasteiger partial charge is 0.387 e. The van der Waals surface area contributed by atoms with Crippen molar-refractivity contribution in [2.24, 2.45) is 5.73 Å². The topological polar surface area (TPSA) is 78.9 Å². The van der Waals surface area contributed by atoms with Gasteiger partial charge in [-0.2, -0.15) is 0 Å². The highest BCUT2D eigenvalue weighted by atomic mass is 15.1. The first-order valence-corrected chi connectivity index (χ1v) is 3.90. The average Bonchev–Trinajstić information content (AvgIpc) is 2.03. The van der Waals surface area contributed by atoms with Crippen molar-refractivity contribution < 1.29 is 0 Å². The molecule has 1 aromatic rings. The minimum absolute atomic E-state index is 0.114. The van der Waals surface area contributed by atoms with Crippen LogP contribution in [0.5, 0.6) is 0 Å². The molecule has 1 heterocycles. The van der Waals surface area contributed by atoms with Gasteiger partial charge in [-0.05, 0) is 0 Å². The van der Waals surface area contributed by atoms with E-state index in [2.05, 4.69) is 9.97 Å². The Morgan fingerprint density at radius 2 is 2.23 bits per heavy atom. The predicted octanol–water partition coefficient (Wildman–Crippen LogP) is 0.0211. The van der Waals surface area contributed by atoms with Gasteiger partial charge in [-0.15, -0.1) is 0 Å². The van der Waals surface area contributed by atoms with Crippen LogP contribution < -0.4 is 10.6 Å². The zero-order valence-corrected chi connectivity index (χ0v) is 7.78. The predicted molar refractivity (Wildman–Crippen MR) is 52.0 cm³/mol. The number of anilines is 1. The van der Waals surface area contributed by atoms with Crippen LogP contribution in [-0.4, -0.2) is 29.9 Å². The van der Waals surface area contributed by atoms with Crippen molar-refractivity contribution in [2.75, 3.05) is 19.0 Å². The van der Waals surface area contributed by atoms with Gasteiger partial charge in [-0.3, -0.25) is 5.41 Å². The fourth-order valence-electron chi connectivity index (χ4n) is 0.922. The Morgan fingerprint density at radius 3 is 2.77 bits per heavy atom. The van der Waals surface area contributed by atoms with Crippen molar-refractivity contribution in [1.82, 2.24) is 9.97 Å². The Kier molecular flexibility index (Phi) is 2.79. The molecule has 0 bridgehead atoms. The summed E-state index contributed by atoms with van der Waals surface area (Å²) >= 11 is 0. The number of rotatable bonds is 3. The van der Waals surface area contributed by atoms with Crippen molar-refractivity contribution >= 4 is 11.7 Å². The van der Waals surface area contributed by atoms with Crippen molar-refractivity contribution in [3.63, 3.8) is 0 Å². The first-order valence-electron chi connectivity index (χ1n) is 3.90. The maximum absolute atomic E-state index is 7.11. The number of hydrogen-bond acceptors (Lipinski definition) is 4. The number of nitrogens with one attached hydrogen (secondary N) is 1. The SMILES string of the molecule is CN(C)c1cc(CC(=N)N)ncn1. The van der Waals surface area contributed by atoms with Crippen LogP contribution in [-0.2, 0) is 6.42 Å². The van der Waals surface area contributed by atoms with Crippen LogP contribution in [0, 0.1) is 5.41 Å². The van der Waals surface area contributed by atoms with Gasteiger partial charge in [0.05, 0.1) is 11.5 Å². The highest BCUT2D eigenvalue weighted by molar-refractivity contribution is 5.79. The molecule has 3 N–H and O–H groups in total. The first kappa shape index (κ1) is 9.44. The molecule has 0 aliphatic heterocycles. The van der Waals surface area contributed by atoms with Gasteiger partial charge >= 0.3 is 0 Å². The van der Waals surface area contributed by atoms with Gasteiger partial charge in [0, 0.05) is 26.6 Å². The third kappa shape index (κ3) is 2.70. The van der Waals surface area contributed by atoms with E-state index in [0.717, 1.165) is 11.5 Å². The van der Waals surface area contributed by atoms with Crippen LogP contribution in [0.15, 0.2) is 12.4 Å². The van der Waals surface area contributed by atoms with Gasteiger partial charge in [-0.1, -0.05) is 0 Å². The second-order valence-electron chi connectivity index (χ2n) is 2.96. The molecule has 1 rings (SSSR count). The first-order chi connectivity index (χ1) is 6.09. The summed E-state index contributed by atoms with van der Waals surface area (Å²) in [6.45, 7) is 0. The molecule has 0 atom stereocenters. The Bertz CT molecular complexity index is 307. The smallest absolute Gasteiger partial charge is 0.131 e. The maximum atomic E-state index is 7.11. The molecule has 0 aliphatic rings. The van der Waals surface area contributed by atoms with Gasteiger partial charge in [0.25, 0.3) is 0 Å². The Morgan fingerprint density at radius 1 is 1.54 bits per heavy atom. The molecule has 0 fully saturated rings. The van der Waals surface area contributed by atoms with Crippen molar-refractivity contribution in [3.8, 4) is 0 Å². The molecule has 0 amide bonds. The maximum Gasteiger partial charge on any atom is 0.131 e. The van der Waals surface area contributed by atoms with E-state index in [0.29, 0.717) is 6.42 Å². The standard InChI is InChI=1S/C8H13N5/c1-13(2)8-4-6(3-7(9)10)11-5-12-8/h4-5H,3H2,1-2H3,(H3,9,10). The molecule has 0 unspecified atom stereocenters. The minimum atomic E-state index is 0.114. The van der Waals surface area contributed by atoms with Crippen molar-refractivity contribution in [2.45, 2.75) is 6.42 Å². The monoisotopic (exact) mass is 179 g/mol. The second kappa shape index (κ2) is 3.84. The van der Waals surface area contributed by atoms with Crippen LogP contribution in [0.1, 0.15) is 5.69 Å². The number of hydrogen-bond donors (Lipinski definition) is 2. The Labute approximate surface area is 77.1 Å². The summed E-state index contributed by atoms with van der Waals surface area (Å²) in [5.74, 6) is 0.939. The zero-order valence-electron chi connectivity index (χ0n) is 7.78. The molecule has 0 saturated heterocycles. The summed E-state index contributed by atoms with van der Waals surface area (Å²) in [4.78, 5) is 9.93. The van der Waals surface area contributed by atoms with E-state index >= 15 is 0 Å². The van der Waals surface area contributed by atoms with Gasteiger partial charge < -0.3 is 10.6 Å². The molecule has 0 spiro atoms. The van der Waals surface area contributed by atoms with Gasteiger partial charge in [-0.25, -0.2) is 9.97 Å². The third-order valence-corrected chi connectivity index (χ3v) is 1.54. The van der Waals surface area contributed by atoms with Gasteiger partial charge in [0.2, 0.25) is 0 Å². The van der Waals surface area contributed by atoms with E-state index in [1.54, 1.807) is 0 Å². The number of nitrogens with zero attached hydrogens (tertiary/aromatic N) is 3. The number of nitrogens with two attached hydrogens (primary N) is 1. The lowest BCUT2D eigenvalue weighted by Gasteiger charge is -2.10. The quantitative estimate of drug-likeness (QED) is 0.506. The van der Waals surface area contributed by atoms with E-state index in [1.807, 2.05) is 25.1 Å². The molecule has 0 aromatic carbocycles. The van der Waals surface area contributed by atoms with E-state index < -0.39 is 0 Å². The van der Waals surface area contributed by atoms with Crippen LogP contribution in [0.3, 0.4) is 0 Å². The third-order valence-electron chi connectivity index (χ3n) is 1.54. The van der Waals surface area contributed by atoms with Gasteiger partial charge in [0.1, 0.15) is 12.1 Å². The number of amidine groups is 1. The summed E-state index contributed by atoms with van der Waals surface area (Å²) in [5, 5.41) is 7.11. The second-order valence-corrected chi connectivity index (χ2v) is 2.96. The highest BCUT2D eigenvalue weighted by Gasteiger charge is 2.01. The minimum Gasteiger partial charge on any atom is -0.387 e. The molecule has 13 heavy (non-hydrogen) atoms. The van der Waals surface area contributed by atoms with E-state index in [9.17, 15) is 0 Å². The van der Waals surface area contributed by atoms with E-state index in [1.165, 1.54) is 6.33 Å². The van der Waals surface area contributed by atoms with Crippen molar-refractivity contribution in [3.05, 3.63) is 18.1 Å². The highest BCUT2D eigenvalue weighted by Crippen LogP contribution is 2.06. The molecule has 1 aromatic heterocycles. The fourth-order valence-corrected chi connectivity index (χ4v) is 0.922. The van der Waals surface area contributed by atoms with E-state index in [4.69, 9.17) is 11.1 Å². The number of aromatic nitrogens is 2. The van der Waals surface area contributed by atoms with Crippen LogP contribution in [0.4, 0.5) is 5.82 Å².